The molecular formula is C9H13NOS. The normalized spacial score (nSPS) is 10.2. The van der Waals surface area contributed by atoms with Crippen LogP contribution in [0.5, 0.6) is 0 Å². The molecule has 2 N–H and O–H groups in total. The lowest BCUT2D eigenvalue weighted by molar-refractivity contribution is 0.100. The SMILES string of the molecule is CCCc1ccc(C(=O)CN)s1. The van der Waals surface area contributed by atoms with Gasteiger partial charge in [-0.15, -0.1) is 11.3 Å². The molecule has 1 rings (SSSR count). The van der Waals surface area contributed by atoms with E-state index in [0.717, 1.165) is 17.7 Å². The summed E-state index contributed by atoms with van der Waals surface area (Å²) < 4.78 is 0. The minimum Gasteiger partial charge on any atom is -0.324 e. The van der Waals surface area contributed by atoms with E-state index in [4.69, 9.17) is 5.73 Å². The van der Waals surface area contributed by atoms with E-state index in [2.05, 4.69) is 6.92 Å². The third kappa shape index (κ3) is 2.16. The molecule has 0 saturated heterocycles. The molecule has 0 fully saturated rings. The Hall–Kier alpha value is -0.670. The molecule has 12 heavy (non-hydrogen) atoms. The summed E-state index contributed by atoms with van der Waals surface area (Å²) in [7, 11) is 0. The minimum atomic E-state index is 0.0438. The lowest BCUT2D eigenvalue weighted by atomic mass is 10.3. The van der Waals surface area contributed by atoms with Gasteiger partial charge in [-0.25, -0.2) is 0 Å². The van der Waals surface area contributed by atoms with E-state index in [0.29, 0.717) is 0 Å². The maximum Gasteiger partial charge on any atom is 0.186 e. The summed E-state index contributed by atoms with van der Waals surface area (Å²) in [6.07, 6.45) is 2.18. The Morgan fingerprint density at radius 1 is 1.58 bits per heavy atom. The molecule has 0 atom stereocenters. The Balaban J connectivity index is 2.70. The topological polar surface area (TPSA) is 43.1 Å². The average molecular weight is 183 g/mol. The van der Waals surface area contributed by atoms with Crippen molar-refractivity contribution in [3.05, 3.63) is 21.9 Å². The first kappa shape index (κ1) is 9.42. The Morgan fingerprint density at radius 2 is 2.33 bits per heavy atom. The summed E-state index contributed by atoms with van der Waals surface area (Å²) in [5.74, 6) is 0.0438. The summed E-state index contributed by atoms with van der Waals surface area (Å²) in [5, 5.41) is 0. The number of Topliss-reactive ketones (excluding diaryl/α,β-unsaturated/α-hetero) is 1. The fourth-order valence-corrected chi connectivity index (χ4v) is 2.07. The van der Waals surface area contributed by atoms with Crippen LogP contribution in [0.2, 0.25) is 0 Å². The number of carbonyl (C=O) groups excluding carboxylic acids is 1. The number of hydrogen-bond donors (Lipinski definition) is 1. The maximum absolute atomic E-state index is 11.1. The van der Waals surface area contributed by atoms with Crippen LogP contribution in [0.3, 0.4) is 0 Å². The van der Waals surface area contributed by atoms with Crippen molar-refractivity contribution in [1.82, 2.24) is 0 Å². The second kappa shape index (κ2) is 4.38. The number of ketones is 1. The zero-order valence-electron chi connectivity index (χ0n) is 7.17. The highest BCUT2D eigenvalue weighted by molar-refractivity contribution is 7.14. The van der Waals surface area contributed by atoms with E-state index >= 15 is 0 Å². The van der Waals surface area contributed by atoms with Crippen molar-refractivity contribution in [2.24, 2.45) is 5.73 Å². The van der Waals surface area contributed by atoms with E-state index in [1.807, 2.05) is 12.1 Å². The fraction of sp³-hybridized carbons (Fsp3) is 0.444. The Labute approximate surface area is 76.4 Å². The highest BCUT2D eigenvalue weighted by Gasteiger charge is 2.05. The molecule has 0 spiro atoms. The Morgan fingerprint density at radius 3 is 2.92 bits per heavy atom. The lowest BCUT2D eigenvalue weighted by Crippen LogP contribution is -2.11. The molecule has 0 saturated carbocycles. The molecule has 1 aromatic heterocycles. The predicted octanol–water partition coefficient (Wildman–Crippen LogP) is 1.84. The zero-order chi connectivity index (χ0) is 8.97. The van der Waals surface area contributed by atoms with E-state index in [1.165, 1.54) is 4.88 Å². The maximum atomic E-state index is 11.1. The van der Waals surface area contributed by atoms with Gasteiger partial charge in [0, 0.05) is 4.88 Å². The van der Waals surface area contributed by atoms with Crippen molar-refractivity contribution in [3.8, 4) is 0 Å². The third-order valence-electron chi connectivity index (χ3n) is 1.62. The molecule has 0 aliphatic carbocycles. The first-order chi connectivity index (χ1) is 5.77. The van der Waals surface area contributed by atoms with Crippen LogP contribution < -0.4 is 5.73 Å². The number of rotatable bonds is 4. The van der Waals surface area contributed by atoms with Gasteiger partial charge >= 0.3 is 0 Å². The highest BCUT2D eigenvalue weighted by Crippen LogP contribution is 2.17. The zero-order valence-corrected chi connectivity index (χ0v) is 7.99. The van der Waals surface area contributed by atoms with Crippen molar-refractivity contribution in [1.29, 1.82) is 0 Å². The molecule has 1 aromatic rings. The summed E-state index contributed by atoms with van der Waals surface area (Å²) in [4.78, 5) is 13.2. The molecule has 0 aliphatic rings. The van der Waals surface area contributed by atoms with Gasteiger partial charge in [0.05, 0.1) is 11.4 Å². The summed E-state index contributed by atoms with van der Waals surface area (Å²) in [6, 6.07) is 3.88. The summed E-state index contributed by atoms with van der Waals surface area (Å²) >= 11 is 1.56. The van der Waals surface area contributed by atoms with Crippen molar-refractivity contribution in [3.63, 3.8) is 0 Å². The largest absolute Gasteiger partial charge is 0.324 e. The number of aryl methyl sites for hydroxylation is 1. The summed E-state index contributed by atoms with van der Waals surface area (Å²) in [5.41, 5.74) is 5.24. The molecule has 0 amide bonds. The van der Waals surface area contributed by atoms with Gasteiger partial charge in [0.2, 0.25) is 0 Å². The van der Waals surface area contributed by atoms with Crippen LogP contribution in [0, 0.1) is 0 Å². The second-order valence-corrected chi connectivity index (χ2v) is 3.81. The van der Waals surface area contributed by atoms with Gasteiger partial charge in [0.1, 0.15) is 0 Å². The van der Waals surface area contributed by atoms with Gasteiger partial charge in [-0.2, -0.15) is 0 Å². The minimum absolute atomic E-state index is 0.0438. The molecule has 0 radical (unpaired) electrons. The smallest absolute Gasteiger partial charge is 0.186 e. The van der Waals surface area contributed by atoms with Gasteiger partial charge < -0.3 is 5.73 Å². The van der Waals surface area contributed by atoms with E-state index in [-0.39, 0.29) is 12.3 Å². The van der Waals surface area contributed by atoms with Crippen LogP contribution in [0.4, 0.5) is 0 Å². The first-order valence-corrected chi connectivity index (χ1v) is 4.91. The monoisotopic (exact) mass is 183 g/mol. The number of thiophene rings is 1. The van der Waals surface area contributed by atoms with E-state index in [9.17, 15) is 4.79 Å². The van der Waals surface area contributed by atoms with Crippen molar-refractivity contribution < 1.29 is 4.79 Å². The van der Waals surface area contributed by atoms with Crippen LogP contribution in [0.1, 0.15) is 27.9 Å². The molecule has 0 aromatic carbocycles. The first-order valence-electron chi connectivity index (χ1n) is 4.10. The van der Waals surface area contributed by atoms with Gasteiger partial charge in [-0.1, -0.05) is 13.3 Å². The standard InChI is InChI=1S/C9H13NOS/c1-2-3-7-4-5-9(12-7)8(11)6-10/h4-5H,2-3,6,10H2,1H3. The average Bonchev–Trinajstić information content (AvgIpc) is 2.52. The second-order valence-electron chi connectivity index (χ2n) is 2.64. The molecular weight excluding hydrogens is 170 g/mol. The van der Waals surface area contributed by atoms with Gasteiger partial charge in [0.25, 0.3) is 0 Å². The molecule has 0 aliphatic heterocycles. The van der Waals surface area contributed by atoms with Gasteiger partial charge in [-0.05, 0) is 18.6 Å². The van der Waals surface area contributed by atoms with Gasteiger partial charge in [0.15, 0.2) is 5.78 Å². The molecule has 3 heteroatoms. The van der Waals surface area contributed by atoms with Crippen LogP contribution in [0.25, 0.3) is 0 Å². The van der Waals surface area contributed by atoms with Crippen molar-refractivity contribution >= 4 is 17.1 Å². The van der Waals surface area contributed by atoms with E-state index < -0.39 is 0 Å². The van der Waals surface area contributed by atoms with Crippen LogP contribution >= 0.6 is 11.3 Å². The lowest BCUT2D eigenvalue weighted by Gasteiger charge is -1.90. The Kier molecular flexibility index (Phi) is 3.44. The number of hydrogen-bond acceptors (Lipinski definition) is 3. The summed E-state index contributed by atoms with van der Waals surface area (Å²) in [6.45, 7) is 2.25. The van der Waals surface area contributed by atoms with Crippen molar-refractivity contribution in [2.45, 2.75) is 19.8 Å². The Bertz CT molecular complexity index is 267. The predicted molar refractivity (Wildman–Crippen MR) is 51.7 cm³/mol. The molecule has 2 nitrogen and oxygen atoms in total. The fourth-order valence-electron chi connectivity index (χ4n) is 1.01. The van der Waals surface area contributed by atoms with Crippen LogP contribution in [-0.2, 0) is 6.42 Å². The molecule has 0 unspecified atom stereocenters. The molecule has 1 heterocycles. The highest BCUT2D eigenvalue weighted by atomic mass is 32.1. The third-order valence-corrected chi connectivity index (χ3v) is 2.80. The number of nitrogens with two attached hydrogens (primary N) is 1. The van der Waals surface area contributed by atoms with Crippen LogP contribution in [0.15, 0.2) is 12.1 Å². The molecule has 66 valence electrons. The van der Waals surface area contributed by atoms with Crippen LogP contribution in [-0.4, -0.2) is 12.3 Å². The van der Waals surface area contributed by atoms with Gasteiger partial charge in [-0.3, -0.25) is 4.79 Å². The molecule has 0 bridgehead atoms. The van der Waals surface area contributed by atoms with E-state index in [1.54, 1.807) is 11.3 Å². The van der Waals surface area contributed by atoms with Crippen molar-refractivity contribution in [2.75, 3.05) is 6.54 Å². The quantitative estimate of drug-likeness (QED) is 0.724. The number of carbonyl (C=O) groups is 1.